The van der Waals surface area contributed by atoms with E-state index in [-0.39, 0.29) is 36.1 Å². The van der Waals surface area contributed by atoms with Crippen LogP contribution >= 0.6 is 12.4 Å². The van der Waals surface area contributed by atoms with Gasteiger partial charge in [-0.1, -0.05) is 6.07 Å². The second kappa shape index (κ2) is 9.57. The molecular formula is C21H27ClFN5O2. The van der Waals surface area contributed by atoms with Crippen LogP contribution < -0.4 is 5.32 Å². The van der Waals surface area contributed by atoms with E-state index in [0.29, 0.717) is 43.0 Å². The van der Waals surface area contributed by atoms with E-state index in [1.165, 1.54) is 6.07 Å². The molecule has 3 heterocycles. The summed E-state index contributed by atoms with van der Waals surface area (Å²) >= 11 is 0. The van der Waals surface area contributed by atoms with Gasteiger partial charge in [0.1, 0.15) is 11.5 Å². The summed E-state index contributed by atoms with van der Waals surface area (Å²) in [5, 5.41) is 7.85. The van der Waals surface area contributed by atoms with Gasteiger partial charge >= 0.3 is 0 Å². The maximum Gasteiger partial charge on any atom is 0.274 e. The molecule has 7 nitrogen and oxygen atoms in total. The zero-order valence-electron chi connectivity index (χ0n) is 17.0. The molecule has 2 saturated heterocycles. The maximum atomic E-state index is 13.8. The van der Waals surface area contributed by atoms with Gasteiger partial charge in [0, 0.05) is 44.5 Å². The average molecular weight is 436 g/mol. The molecule has 1 aromatic heterocycles. The second-order valence-electron chi connectivity index (χ2n) is 7.73. The highest BCUT2D eigenvalue weighted by molar-refractivity contribution is 5.95. The number of halogens is 2. The number of carbonyl (C=O) groups is 2. The Kier molecular flexibility index (Phi) is 7.10. The van der Waals surface area contributed by atoms with E-state index in [2.05, 4.69) is 10.4 Å². The van der Waals surface area contributed by atoms with Gasteiger partial charge in [-0.15, -0.1) is 12.4 Å². The Morgan fingerprint density at radius 3 is 2.43 bits per heavy atom. The summed E-state index contributed by atoms with van der Waals surface area (Å²) in [5.74, 6) is -0.695. The quantitative estimate of drug-likeness (QED) is 0.803. The lowest BCUT2D eigenvalue weighted by Gasteiger charge is -2.34. The zero-order valence-corrected chi connectivity index (χ0v) is 17.8. The van der Waals surface area contributed by atoms with Crippen molar-refractivity contribution in [2.24, 2.45) is 0 Å². The molecule has 0 saturated carbocycles. The Morgan fingerprint density at radius 2 is 1.80 bits per heavy atom. The lowest BCUT2D eigenvalue weighted by Crippen LogP contribution is -2.50. The number of piperidine rings is 1. The number of carbonyl (C=O) groups excluding carboxylic acids is 2. The van der Waals surface area contributed by atoms with Gasteiger partial charge in [0.15, 0.2) is 0 Å². The molecule has 2 fully saturated rings. The number of rotatable bonds is 3. The van der Waals surface area contributed by atoms with Gasteiger partial charge in [-0.3, -0.25) is 14.3 Å². The lowest BCUT2D eigenvalue weighted by atomic mass is 10.1. The predicted molar refractivity (Wildman–Crippen MR) is 114 cm³/mol. The molecule has 1 unspecified atom stereocenters. The molecule has 1 aromatic carbocycles. The molecule has 30 heavy (non-hydrogen) atoms. The van der Waals surface area contributed by atoms with Gasteiger partial charge in [0.05, 0.1) is 6.04 Å². The SMILES string of the molecule is Cc1ccc(C(=O)N2CCN(C(=O)c3ccn(C4CCCNC4)n3)CC2)cc1F.Cl. The van der Waals surface area contributed by atoms with Crippen LogP contribution in [0.1, 0.15) is 45.3 Å². The Labute approximate surface area is 181 Å². The summed E-state index contributed by atoms with van der Waals surface area (Å²) in [6.45, 7) is 5.30. The van der Waals surface area contributed by atoms with Gasteiger partial charge in [0.2, 0.25) is 0 Å². The molecule has 0 bridgehead atoms. The van der Waals surface area contributed by atoms with Crippen molar-refractivity contribution in [2.45, 2.75) is 25.8 Å². The number of nitrogens with one attached hydrogen (secondary N) is 1. The van der Waals surface area contributed by atoms with E-state index >= 15 is 0 Å². The van der Waals surface area contributed by atoms with Crippen molar-refractivity contribution < 1.29 is 14.0 Å². The van der Waals surface area contributed by atoms with Crippen LogP contribution in [-0.4, -0.2) is 70.7 Å². The summed E-state index contributed by atoms with van der Waals surface area (Å²) in [6, 6.07) is 6.59. The first kappa shape index (κ1) is 22.2. The van der Waals surface area contributed by atoms with Crippen LogP contribution in [0.3, 0.4) is 0 Å². The molecule has 162 valence electrons. The van der Waals surface area contributed by atoms with Crippen molar-refractivity contribution in [3.05, 3.63) is 53.1 Å². The van der Waals surface area contributed by atoms with E-state index in [9.17, 15) is 14.0 Å². The molecule has 0 radical (unpaired) electrons. The second-order valence-corrected chi connectivity index (χ2v) is 7.73. The van der Waals surface area contributed by atoms with Crippen LogP contribution in [0.25, 0.3) is 0 Å². The molecule has 2 amide bonds. The normalized spacial score (nSPS) is 19.3. The van der Waals surface area contributed by atoms with Crippen LogP contribution in [0.15, 0.2) is 30.5 Å². The first-order valence-electron chi connectivity index (χ1n) is 10.1. The average Bonchev–Trinajstić information content (AvgIpc) is 3.26. The largest absolute Gasteiger partial charge is 0.335 e. The third-order valence-electron chi connectivity index (χ3n) is 5.75. The molecule has 0 spiro atoms. The van der Waals surface area contributed by atoms with E-state index in [0.717, 1.165) is 25.9 Å². The fraction of sp³-hybridized carbons (Fsp3) is 0.476. The van der Waals surface area contributed by atoms with Crippen molar-refractivity contribution in [1.29, 1.82) is 0 Å². The van der Waals surface area contributed by atoms with Gasteiger partial charge in [-0.2, -0.15) is 5.10 Å². The van der Waals surface area contributed by atoms with E-state index < -0.39 is 0 Å². The van der Waals surface area contributed by atoms with Gasteiger partial charge in [-0.25, -0.2) is 4.39 Å². The van der Waals surface area contributed by atoms with Crippen molar-refractivity contribution in [1.82, 2.24) is 24.9 Å². The fourth-order valence-electron chi connectivity index (χ4n) is 3.90. The smallest absolute Gasteiger partial charge is 0.274 e. The molecule has 1 atom stereocenters. The third-order valence-corrected chi connectivity index (χ3v) is 5.75. The summed E-state index contributed by atoms with van der Waals surface area (Å²) in [6.07, 6.45) is 4.04. The molecule has 9 heteroatoms. The first-order chi connectivity index (χ1) is 14.0. The van der Waals surface area contributed by atoms with Gasteiger partial charge in [-0.05, 0) is 50.1 Å². The van der Waals surface area contributed by atoms with Crippen LogP contribution in [0.4, 0.5) is 4.39 Å². The maximum absolute atomic E-state index is 13.8. The topological polar surface area (TPSA) is 70.5 Å². The highest BCUT2D eigenvalue weighted by atomic mass is 35.5. The summed E-state index contributed by atoms with van der Waals surface area (Å²) in [7, 11) is 0. The van der Waals surface area contributed by atoms with E-state index in [4.69, 9.17) is 0 Å². The minimum absolute atomic E-state index is 0. The standard InChI is InChI=1S/C21H26FN5O2.ClH/c1-15-4-5-16(13-18(15)22)20(28)25-9-11-26(12-10-25)21(29)19-6-8-27(24-19)17-3-2-7-23-14-17;/h4-6,8,13,17,23H,2-3,7,9-12,14H2,1H3;1H. The number of hydrogen-bond acceptors (Lipinski definition) is 4. The van der Waals surface area contributed by atoms with Crippen LogP contribution in [0.5, 0.6) is 0 Å². The number of benzene rings is 1. The number of piperazine rings is 1. The van der Waals surface area contributed by atoms with Gasteiger partial charge < -0.3 is 15.1 Å². The van der Waals surface area contributed by atoms with Crippen molar-refractivity contribution in [2.75, 3.05) is 39.3 Å². The Morgan fingerprint density at radius 1 is 1.10 bits per heavy atom. The third kappa shape index (κ3) is 4.65. The van der Waals surface area contributed by atoms with Gasteiger partial charge in [0.25, 0.3) is 11.8 Å². The number of aromatic nitrogens is 2. The molecule has 4 rings (SSSR count). The number of hydrogen-bond donors (Lipinski definition) is 1. The summed E-state index contributed by atoms with van der Waals surface area (Å²) < 4.78 is 15.6. The highest BCUT2D eigenvalue weighted by Crippen LogP contribution is 2.17. The Hall–Kier alpha value is -2.45. The van der Waals surface area contributed by atoms with Crippen molar-refractivity contribution in [3.8, 4) is 0 Å². The number of nitrogens with zero attached hydrogens (tertiary/aromatic N) is 4. The first-order valence-corrected chi connectivity index (χ1v) is 10.1. The Balaban J connectivity index is 0.00000256. The molecular weight excluding hydrogens is 409 g/mol. The zero-order chi connectivity index (χ0) is 20.4. The Bertz CT molecular complexity index is 905. The number of amides is 2. The molecule has 0 aliphatic carbocycles. The fourth-order valence-corrected chi connectivity index (χ4v) is 3.90. The molecule has 2 aliphatic rings. The number of aryl methyl sites for hydroxylation is 1. The summed E-state index contributed by atoms with van der Waals surface area (Å²) in [5.41, 5.74) is 1.30. The van der Waals surface area contributed by atoms with E-state index in [1.54, 1.807) is 34.9 Å². The summed E-state index contributed by atoms with van der Waals surface area (Å²) in [4.78, 5) is 28.8. The van der Waals surface area contributed by atoms with Crippen molar-refractivity contribution >= 4 is 24.2 Å². The minimum atomic E-state index is -0.381. The van der Waals surface area contributed by atoms with E-state index in [1.807, 2.05) is 10.9 Å². The van der Waals surface area contributed by atoms with Crippen LogP contribution in [-0.2, 0) is 0 Å². The highest BCUT2D eigenvalue weighted by Gasteiger charge is 2.27. The molecule has 1 N–H and O–H groups in total. The van der Waals surface area contributed by atoms with Crippen molar-refractivity contribution in [3.63, 3.8) is 0 Å². The minimum Gasteiger partial charge on any atom is -0.335 e. The monoisotopic (exact) mass is 435 g/mol. The lowest BCUT2D eigenvalue weighted by molar-refractivity contribution is 0.0531. The molecule has 2 aliphatic heterocycles. The van der Waals surface area contributed by atoms with Crippen LogP contribution in [0, 0.1) is 12.7 Å². The predicted octanol–water partition coefficient (Wildman–Crippen LogP) is 2.28. The van der Waals surface area contributed by atoms with Crippen LogP contribution in [0.2, 0.25) is 0 Å². The molecule has 2 aromatic rings.